The highest BCUT2D eigenvalue weighted by molar-refractivity contribution is 7.22. The van der Waals surface area contributed by atoms with Crippen LogP contribution in [0.2, 0.25) is 0 Å². The minimum atomic E-state index is -0.303. The van der Waals surface area contributed by atoms with Crippen molar-refractivity contribution in [1.82, 2.24) is 25.5 Å². The van der Waals surface area contributed by atoms with Crippen LogP contribution in [0.4, 0.5) is 10.5 Å². The minimum Gasteiger partial charge on any atom is -0.332 e. The predicted molar refractivity (Wildman–Crippen MR) is 120 cm³/mol. The molecule has 3 aromatic heterocycles. The van der Waals surface area contributed by atoms with Gasteiger partial charge >= 0.3 is 6.03 Å². The fraction of sp³-hybridized carbons (Fsp3) is 0.0909. The summed E-state index contributed by atoms with van der Waals surface area (Å²) in [5.41, 5.74) is 4.19. The van der Waals surface area contributed by atoms with Crippen molar-refractivity contribution in [3.05, 3.63) is 72.4 Å². The van der Waals surface area contributed by atoms with Gasteiger partial charge in [-0.15, -0.1) is 11.3 Å². The first-order valence-corrected chi connectivity index (χ1v) is 10.3. The fourth-order valence-corrected chi connectivity index (χ4v) is 4.38. The van der Waals surface area contributed by atoms with Gasteiger partial charge in [-0.2, -0.15) is 5.10 Å². The maximum Gasteiger partial charge on any atom is 0.319 e. The smallest absolute Gasteiger partial charge is 0.319 e. The second-order valence-corrected chi connectivity index (χ2v) is 8.05. The number of aromatic nitrogens is 4. The minimum absolute atomic E-state index is 0.302. The Bertz CT molecular complexity index is 1320. The number of carbonyl (C=O) groups is 1. The Morgan fingerprint density at radius 2 is 1.97 bits per heavy atom. The predicted octanol–water partition coefficient (Wildman–Crippen LogP) is 4.86. The Labute approximate surface area is 176 Å². The van der Waals surface area contributed by atoms with E-state index >= 15 is 0 Å². The molecule has 7 nitrogen and oxygen atoms in total. The lowest BCUT2D eigenvalue weighted by molar-refractivity contribution is 0.251. The largest absolute Gasteiger partial charge is 0.332 e. The van der Waals surface area contributed by atoms with Crippen LogP contribution >= 0.6 is 11.3 Å². The first-order valence-electron chi connectivity index (χ1n) is 9.44. The molecule has 0 unspecified atom stereocenters. The van der Waals surface area contributed by atoms with Crippen molar-refractivity contribution in [2.75, 3.05) is 5.32 Å². The number of thiophene rings is 1. The molecule has 0 atom stereocenters. The van der Waals surface area contributed by atoms with Crippen molar-refractivity contribution < 1.29 is 4.79 Å². The first kappa shape index (κ1) is 18.3. The molecule has 0 radical (unpaired) electrons. The highest BCUT2D eigenvalue weighted by atomic mass is 32.1. The third-order valence-electron chi connectivity index (χ3n) is 4.76. The van der Waals surface area contributed by atoms with Crippen LogP contribution < -0.4 is 10.6 Å². The van der Waals surface area contributed by atoms with Crippen molar-refractivity contribution in [1.29, 1.82) is 0 Å². The molecule has 0 aliphatic heterocycles. The molecule has 0 spiro atoms. The summed E-state index contributed by atoms with van der Waals surface area (Å²) in [6.07, 6.45) is 5.10. The number of hydrogen-bond acceptors (Lipinski definition) is 5. The van der Waals surface area contributed by atoms with Gasteiger partial charge in [-0.05, 0) is 36.6 Å². The molecular formula is C22H18N6OS. The zero-order valence-electron chi connectivity index (χ0n) is 16.1. The number of urea groups is 1. The second-order valence-electron chi connectivity index (χ2n) is 6.96. The Morgan fingerprint density at radius 3 is 2.80 bits per heavy atom. The molecule has 0 fully saturated rings. The van der Waals surface area contributed by atoms with E-state index in [2.05, 4.69) is 49.0 Å². The summed E-state index contributed by atoms with van der Waals surface area (Å²) in [7, 11) is 0. The Morgan fingerprint density at radius 1 is 1.07 bits per heavy atom. The standard InChI is InChI=1S/C22H18N6OS/c1-13-9-24-17(11-23-13)12-25-22(29)27-16-6-15-10-26-28-21(15)18(8-16)20-7-14-4-2-3-5-19(14)30-20/h2-11H,12H2,1H3,(H,26,28)(H2,25,27,29). The van der Waals surface area contributed by atoms with Crippen LogP contribution in [0.1, 0.15) is 11.4 Å². The molecule has 2 aromatic carbocycles. The monoisotopic (exact) mass is 414 g/mol. The molecule has 2 amide bonds. The number of aryl methyl sites for hydroxylation is 1. The molecule has 0 aliphatic carbocycles. The molecule has 0 saturated heterocycles. The maximum atomic E-state index is 12.4. The van der Waals surface area contributed by atoms with E-state index in [1.807, 2.05) is 31.2 Å². The Kier molecular flexibility index (Phi) is 4.61. The summed E-state index contributed by atoms with van der Waals surface area (Å²) in [6, 6.07) is 14.0. The van der Waals surface area contributed by atoms with Gasteiger partial charge in [0, 0.05) is 32.4 Å². The maximum absolute atomic E-state index is 12.4. The molecule has 0 aliphatic rings. The number of carbonyl (C=O) groups excluding carboxylic acids is 1. The molecule has 148 valence electrons. The van der Waals surface area contributed by atoms with Gasteiger partial charge in [-0.3, -0.25) is 15.1 Å². The van der Waals surface area contributed by atoms with Crippen LogP contribution in [0.25, 0.3) is 31.4 Å². The molecule has 3 N–H and O–H groups in total. The molecule has 3 heterocycles. The molecule has 5 aromatic rings. The van der Waals surface area contributed by atoms with Crippen LogP contribution in [0, 0.1) is 6.92 Å². The summed E-state index contributed by atoms with van der Waals surface area (Å²) in [4.78, 5) is 22.0. The molecule has 0 saturated carbocycles. The quantitative estimate of drug-likeness (QED) is 0.391. The zero-order chi connectivity index (χ0) is 20.5. The highest BCUT2D eigenvalue weighted by Crippen LogP contribution is 2.38. The second kappa shape index (κ2) is 7.57. The van der Waals surface area contributed by atoms with E-state index in [1.54, 1.807) is 29.9 Å². The number of rotatable bonds is 4. The van der Waals surface area contributed by atoms with Crippen LogP contribution in [0.3, 0.4) is 0 Å². The number of nitrogens with zero attached hydrogens (tertiary/aromatic N) is 3. The number of anilines is 1. The van der Waals surface area contributed by atoms with Crippen LogP contribution in [-0.2, 0) is 6.54 Å². The third kappa shape index (κ3) is 3.60. The highest BCUT2D eigenvalue weighted by Gasteiger charge is 2.13. The van der Waals surface area contributed by atoms with Crippen molar-refractivity contribution in [3.63, 3.8) is 0 Å². The lowest BCUT2D eigenvalue weighted by Gasteiger charge is -2.09. The lowest BCUT2D eigenvalue weighted by Crippen LogP contribution is -2.28. The summed E-state index contributed by atoms with van der Waals surface area (Å²) < 4.78 is 1.22. The number of aromatic amines is 1. The number of hydrogen-bond donors (Lipinski definition) is 3. The van der Waals surface area contributed by atoms with E-state index in [9.17, 15) is 4.79 Å². The van der Waals surface area contributed by atoms with E-state index in [0.29, 0.717) is 17.9 Å². The van der Waals surface area contributed by atoms with Gasteiger partial charge in [0.15, 0.2) is 0 Å². The number of benzene rings is 2. The number of nitrogens with one attached hydrogen (secondary N) is 3. The van der Waals surface area contributed by atoms with Gasteiger partial charge in [-0.1, -0.05) is 18.2 Å². The molecule has 30 heavy (non-hydrogen) atoms. The average molecular weight is 414 g/mol. The Balaban J connectivity index is 1.41. The molecule has 5 rings (SSSR count). The van der Waals surface area contributed by atoms with E-state index in [4.69, 9.17) is 0 Å². The summed E-state index contributed by atoms with van der Waals surface area (Å²) in [5, 5.41) is 15.1. The van der Waals surface area contributed by atoms with Crippen molar-refractivity contribution >= 4 is 44.0 Å². The summed E-state index contributed by atoms with van der Waals surface area (Å²) >= 11 is 1.71. The normalized spacial score (nSPS) is 11.1. The van der Waals surface area contributed by atoms with Crippen molar-refractivity contribution in [3.8, 4) is 10.4 Å². The van der Waals surface area contributed by atoms with Crippen molar-refractivity contribution in [2.45, 2.75) is 13.5 Å². The van der Waals surface area contributed by atoms with Gasteiger partial charge in [0.1, 0.15) is 0 Å². The zero-order valence-corrected chi connectivity index (χ0v) is 17.0. The van der Waals surface area contributed by atoms with Crippen LogP contribution in [0.5, 0.6) is 0 Å². The van der Waals surface area contributed by atoms with Gasteiger partial charge in [0.2, 0.25) is 0 Å². The van der Waals surface area contributed by atoms with Gasteiger partial charge in [0.25, 0.3) is 0 Å². The third-order valence-corrected chi connectivity index (χ3v) is 5.91. The molecular weight excluding hydrogens is 396 g/mol. The SMILES string of the molecule is Cc1cnc(CNC(=O)Nc2cc(-c3cc4ccccc4s3)c3[nH]ncc3c2)cn1. The van der Waals surface area contributed by atoms with E-state index < -0.39 is 0 Å². The number of amides is 2. The van der Waals surface area contributed by atoms with E-state index in [0.717, 1.165) is 27.0 Å². The first-order chi connectivity index (χ1) is 14.7. The van der Waals surface area contributed by atoms with Crippen LogP contribution in [-0.4, -0.2) is 26.2 Å². The summed E-state index contributed by atoms with van der Waals surface area (Å²) in [6.45, 7) is 2.17. The Hall–Kier alpha value is -3.78. The lowest BCUT2D eigenvalue weighted by atomic mass is 10.1. The van der Waals surface area contributed by atoms with Gasteiger partial charge < -0.3 is 10.6 Å². The fourth-order valence-electron chi connectivity index (χ4n) is 3.30. The summed E-state index contributed by atoms with van der Waals surface area (Å²) in [5.74, 6) is 0. The van der Waals surface area contributed by atoms with Gasteiger partial charge in [0.05, 0.1) is 35.8 Å². The van der Waals surface area contributed by atoms with Crippen LogP contribution in [0.15, 0.2) is 61.1 Å². The van der Waals surface area contributed by atoms with E-state index in [-0.39, 0.29) is 6.03 Å². The number of H-pyrrole nitrogens is 1. The van der Waals surface area contributed by atoms with E-state index in [1.165, 1.54) is 10.1 Å². The molecule has 0 bridgehead atoms. The average Bonchev–Trinajstić information content (AvgIpc) is 3.39. The van der Waals surface area contributed by atoms with Gasteiger partial charge in [-0.25, -0.2) is 4.79 Å². The topological polar surface area (TPSA) is 95.6 Å². The van der Waals surface area contributed by atoms with Crippen molar-refractivity contribution in [2.24, 2.45) is 0 Å². The molecule has 8 heteroatoms. The number of fused-ring (bicyclic) bond motifs is 2.